The first-order chi connectivity index (χ1) is 11.2. The minimum atomic E-state index is -1.62. The summed E-state index contributed by atoms with van der Waals surface area (Å²) in [7, 11) is 1.12. The lowest BCUT2D eigenvalue weighted by molar-refractivity contribution is -0.147. The minimum Gasteiger partial charge on any atom is -0.460 e. The second-order valence-electron chi connectivity index (χ2n) is 6.34. The Labute approximate surface area is 136 Å². The fourth-order valence-electron chi connectivity index (χ4n) is 2.91. The van der Waals surface area contributed by atoms with Gasteiger partial charge in [0.25, 0.3) is 0 Å². The van der Waals surface area contributed by atoms with Gasteiger partial charge in [-0.25, -0.2) is 17.6 Å². The van der Waals surface area contributed by atoms with Crippen molar-refractivity contribution in [2.45, 2.75) is 27.1 Å². The van der Waals surface area contributed by atoms with E-state index in [1.54, 1.807) is 13.8 Å². The molecule has 134 valence electrons. The van der Waals surface area contributed by atoms with Gasteiger partial charge in [-0.05, 0) is 5.41 Å². The number of carbonyl (C=O) groups is 1. The number of ether oxygens (including phenoxy) is 2. The third kappa shape index (κ3) is 3.00. The molecule has 2 atom stereocenters. The zero-order valence-electron chi connectivity index (χ0n) is 13.5. The zero-order chi connectivity index (χ0) is 18.2. The molecule has 1 N–H and O–H groups in total. The molecule has 0 heterocycles. The predicted octanol–water partition coefficient (Wildman–Crippen LogP) is 2.70. The van der Waals surface area contributed by atoms with Crippen LogP contribution in [-0.2, 0) is 27.5 Å². The summed E-state index contributed by atoms with van der Waals surface area (Å²) in [6.07, 6.45) is 0. The van der Waals surface area contributed by atoms with Crippen LogP contribution < -0.4 is 0 Å². The number of hydrogen-bond donors (Lipinski definition) is 1. The van der Waals surface area contributed by atoms with Gasteiger partial charge in [0.15, 0.2) is 23.3 Å². The van der Waals surface area contributed by atoms with Crippen molar-refractivity contribution < 1.29 is 36.9 Å². The quantitative estimate of drug-likeness (QED) is 0.487. The summed E-state index contributed by atoms with van der Waals surface area (Å²) < 4.78 is 64.7. The highest BCUT2D eigenvalue weighted by Gasteiger charge is 2.62. The molecule has 1 fully saturated rings. The number of rotatable bonds is 6. The van der Waals surface area contributed by atoms with E-state index in [4.69, 9.17) is 9.84 Å². The predicted molar refractivity (Wildman–Crippen MR) is 74.6 cm³/mol. The van der Waals surface area contributed by atoms with Crippen LogP contribution in [0.15, 0.2) is 0 Å². The maximum absolute atomic E-state index is 13.9. The Bertz CT molecular complexity index is 631. The fraction of sp³-hybridized carbons (Fsp3) is 0.562. The van der Waals surface area contributed by atoms with Crippen LogP contribution in [0.25, 0.3) is 0 Å². The van der Waals surface area contributed by atoms with E-state index < -0.39 is 64.9 Å². The van der Waals surface area contributed by atoms with E-state index in [-0.39, 0.29) is 12.5 Å². The largest absolute Gasteiger partial charge is 0.460 e. The lowest BCUT2D eigenvalue weighted by atomic mass is 10.1. The molecule has 0 aliphatic heterocycles. The van der Waals surface area contributed by atoms with E-state index >= 15 is 0 Å². The monoisotopic (exact) mass is 350 g/mol. The van der Waals surface area contributed by atoms with Crippen LogP contribution in [0.3, 0.4) is 0 Å². The molecule has 0 radical (unpaired) electrons. The number of carbonyl (C=O) groups excluding carboxylic acids is 1. The first-order valence-electron chi connectivity index (χ1n) is 7.28. The highest BCUT2D eigenvalue weighted by Crippen LogP contribution is 2.58. The molecule has 4 nitrogen and oxygen atoms in total. The van der Waals surface area contributed by atoms with Crippen LogP contribution in [0.2, 0.25) is 0 Å². The van der Waals surface area contributed by atoms with Crippen molar-refractivity contribution >= 4 is 5.97 Å². The number of benzene rings is 1. The molecule has 1 aromatic carbocycles. The molecule has 1 aliphatic carbocycles. The topological polar surface area (TPSA) is 55.8 Å². The molecule has 0 saturated heterocycles. The zero-order valence-corrected chi connectivity index (χ0v) is 13.5. The second kappa shape index (κ2) is 6.68. The third-order valence-electron chi connectivity index (χ3n) is 4.59. The smallest absolute Gasteiger partial charge is 0.310 e. The number of esters is 1. The summed E-state index contributed by atoms with van der Waals surface area (Å²) in [5.74, 6) is -8.14. The second-order valence-corrected chi connectivity index (χ2v) is 6.34. The molecule has 0 spiro atoms. The minimum absolute atomic E-state index is 0.232. The number of aliphatic hydroxyl groups is 1. The van der Waals surface area contributed by atoms with Gasteiger partial charge in [0.05, 0.1) is 23.7 Å². The Morgan fingerprint density at radius 2 is 1.50 bits per heavy atom. The van der Waals surface area contributed by atoms with Gasteiger partial charge in [0.1, 0.15) is 6.61 Å². The summed E-state index contributed by atoms with van der Waals surface area (Å²) in [6, 6.07) is 0. The number of halogens is 4. The van der Waals surface area contributed by atoms with Gasteiger partial charge in [0, 0.05) is 19.6 Å². The van der Waals surface area contributed by atoms with Gasteiger partial charge < -0.3 is 14.6 Å². The molecule has 0 aromatic heterocycles. The van der Waals surface area contributed by atoms with Gasteiger partial charge in [0.2, 0.25) is 0 Å². The Morgan fingerprint density at radius 1 is 1.04 bits per heavy atom. The summed E-state index contributed by atoms with van der Waals surface area (Å²) in [4.78, 5) is 11.9. The Balaban J connectivity index is 2.18. The normalized spacial score (nSPS) is 21.7. The van der Waals surface area contributed by atoms with Crippen LogP contribution in [0.4, 0.5) is 17.6 Å². The molecule has 2 unspecified atom stereocenters. The van der Waals surface area contributed by atoms with Crippen LogP contribution in [-0.4, -0.2) is 24.8 Å². The van der Waals surface area contributed by atoms with E-state index in [2.05, 4.69) is 4.74 Å². The maximum Gasteiger partial charge on any atom is 0.310 e. The van der Waals surface area contributed by atoms with Crippen LogP contribution in [0, 0.1) is 40.5 Å². The fourth-order valence-corrected chi connectivity index (χ4v) is 2.91. The van der Waals surface area contributed by atoms with E-state index in [0.29, 0.717) is 0 Å². The van der Waals surface area contributed by atoms with Gasteiger partial charge in [-0.2, -0.15) is 0 Å². The Hall–Kier alpha value is -1.67. The third-order valence-corrected chi connectivity index (χ3v) is 4.59. The van der Waals surface area contributed by atoms with Crippen LogP contribution in [0.5, 0.6) is 0 Å². The van der Waals surface area contributed by atoms with Gasteiger partial charge in [-0.1, -0.05) is 13.8 Å². The SMILES string of the molecule is COCc1c(F)c(F)c(COC(=O)C2C(CO)C2(C)C)c(F)c1F. The maximum atomic E-state index is 13.9. The first-order valence-corrected chi connectivity index (χ1v) is 7.28. The van der Waals surface area contributed by atoms with Gasteiger partial charge >= 0.3 is 5.97 Å². The molecule has 1 aromatic rings. The van der Waals surface area contributed by atoms with Gasteiger partial charge in [-0.3, -0.25) is 4.79 Å². The number of methoxy groups -OCH3 is 1. The average Bonchev–Trinajstić information content (AvgIpc) is 3.10. The molecule has 8 heteroatoms. The first kappa shape index (κ1) is 18.7. The van der Waals surface area contributed by atoms with Crippen molar-refractivity contribution in [3.8, 4) is 0 Å². The standard InChI is InChI=1S/C16H18F4O4/c1-16(2)9(4-21)10(16)15(22)24-6-8-13(19)11(17)7(5-23-3)12(18)14(8)20/h9-10,21H,4-6H2,1-3H3. The molecular weight excluding hydrogens is 332 g/mol. The van der Waals surface area contributed by atoms with E-state index in [1.165, 1.54) is 0 Å². The molecular formula is C16H18F4O4. The van der Waals surface area contributed by atoms with Gasteiger partial charge in [-0.15, -0.1) is 0 Å². The summed E-state index contributed by atoms with van der Waals surface area (Å²) in [6.45, 7) is 1.66. The lowest BCUT2D eigenvalue weighted by Gasteiger charge is -2.12. The summed E-state index contributed by atoms with van der Waals surface area (Å²) in [5, 5.41) is 9.15. The Kier molecular flexibility index (Phi) is 5.19. The molecule has 2 rings (SSSR count). The molecule has 1 aliphatic rings. The number of hydrogen-bond acceptors (Lipinski definition) is 4. The lowest BCUT2D eigenvalue weighted by Crippen LogP contribution is -2.15. The highest BCUT2D eigenvalue weighted by atomic mass is 19.2. The van der Waals surface area contributed by atoms with Crippen molar-refractivity contribution in [3.05, 3.63) is 34.4 Å². The van der Waals surface area contributed by atoms with Crippen molar-refractivity contribution in [3.63, 3.8) is 0 Å². The van der Waals surface area contributed by atoms with E-state index in [1.807, 2.05) is 0 Å². The molecule has 1 saturated carbocycles. The highest BCUT2D eigenvalue weighted by molar-refractivity contribution is 5.77. The number of aliphatic hydroxyl groups excluding tert-OH is 1. The molecule has 24 heavy (non-hydrogen) atoms. The van der Waals surface area contributed by atoms with E-state index in [0.717, 1.165) is 7.11 Å². The summed E-state index contributed by atoms with van der Waals surface area (Å²) >= 11 is 0. The van der Waals surface area contributed by atoms with Crippen molar-refractivity contribution in [2.75, 3.05) is 13.7 Å². The Morgan fingerprint density at radius 3 is 1.88 bits per heavy atom. The van der Waals surface area contributed by atoms with Crippen molar-refractivity contribution in [2.24, 2.45) is 17.3 Å². The van der Waals surface area contributed by atoms with Crippen molar-refractivity contribution in [1.82, 2.24) is 0 Å². The summed E-state index contributed by atoms with van der Waals surface area (Å²) in [5.41, 5.74) is -2.37. The van der Waals surface area contributed by atoms with E-state index in [9.17, 15) is 22.4 Å². The average molecular weight is 350 g/mol. The molecule has 0 bridgehead atoms. The van der Waals surface area contributed by atoms with Crippen LogP contribution >= 0.6 is 0 Å². The molecule has 0 amide bonds. The van der Waals surface area contributed by atoms with Crippen LogP contribution in [0.1, 0.15) is 25.0 Å². The van der Waals surface area contributed by atoms with Crippen molar-refractivity contribution in [1.29, 1.82) is 0 Å².